The molecule has 0 radical (unpaired) electrons. The molecule has 0 saturated carbocycles. The van der Waals surface area contributed by atoms with Crippen LogP contribution >= 0.6 is 0 Å². The van der Waals surface area contributed by atoms with E-state index in [9.17, 15) is 4.79 Å². The Bertz CT molecular complexity index is 946. The van der Waals surface area contributed by atoms with Crippen LogP contribution in [-0.2, 0) is 6.54 Å². The average Bonchev–Trinajstić information content (AvgIpc) is 3.19. The first kappa shape index (κ1) is 16.7. The van der Waals surface area contributed by atoms with Gasteiger partial charge in [0, 0.05) is 17.0 Å². The van der Waals surface area contributed by atoms with Crippen molar-refractivity contribution in [3.05, 3.63) is 71.1 Å². The molecular weight excluding hydrogens is 314 g/mol. The molecule has 0 aliphatic carbocycles. The molecular formula is C19H19N5O. The number of nitriles is 1. The third-order valence-corrected chi connectivity index (χ3v) is 4.40. The van der Waals surface area contributed by atoms with E-state index in [0.29, 0.717) is 5.56 Å². The lowest BCUT2D eigenvalue weighted by molar-refractivity contribution is 0.0967. The van der Waals surface area contributed by atoms with Gasteiger partial charge in [0.2, 0.25) is 0 Å². The number of Topliss-reactive ketones (excluding diaryl/α,β-unsaturated/α-hetero) is 1. The molecule has 6 heteroatoms. The van der Waals surface area contributed by atoms with Gasteiger partial charge in [-0.3, -0.25) is 4.79 Å². The lowest BCUT2D eigenvalue weighted by Crippen LogP contribution is -2.14. The van der Waals surface area contributed by atoms with Crippen molar-refractivity contribution in [1.82, 2.24) is 19.3 Å². The first-order valence-electron chi connectivity index (χ1n) is 8.07. The third-order valence-electron chi connectivity index (χ3n) is 4.40. The Labute approximate surface area is 146 Å². The first-order valence-corrected chi connectivity index (χ1v) is 8.07. The predicted octanol–water partition coefficient (Wildman–Crippen LogP) is 3.06. The zero-order chi connectivity index (χ0) is 18.0. The van der Waals surface area contributed by atoms with Gasteiger partial charge in [0.15, 0.2) is 5.78 Å². The third kappa shape index (κ3) is 3.22. The molecule has 0 aliphatic rings. The molecule has 0 aliphatic heterocycles. The zero-order valence-electron chi connectivity index (χ0n) is 14.5. The first-order chi connectivity index (χ1) is 12.0. The second kappa shape index (κ2) is 6.73. The molecule has 0 fully saturated rings. The predicted molar refractivity (Wildman–Crippen MR) is 93.2 cm³/mol. The Morgan fingerprint density at radius 3 is 2.64 bits per heavy atom. The van der Waals surface area contributed by atoms with E-state index in [4.69, 9.17) is 5.26 Å². The van der Waals surface area contributed by atoms with Gasteiger partial charge in [0.25, 0.3) is 5.82 Å². The highest BCUT2D eigenvalue weighted by Crippen LogP contribution is 2.25. The molecule has 126 valence electrons. The second-order valence-corrected chi connectivity index (χ2v) is 6.04. The van der Waals surface area contributed by atoms with Crippen LogP contribution in [0.15, 0.2) is 42.7 Å². The molecule has 3 aromatic rings. The normalized spacial score (nSPS) is 11.9. The summed E-state index contributed by atoms with van der Waals surface area (Å²) in [5.41, 5.74) is 3.83. The quantitative estimate of drug-likeness (QED) is 0.672. The molecule has 2 aromatic heterocycles. The van der Waals surface area contributed by atoms with Crippen LogP contribution in [0.4, 0.5) is 0 Å². The van der Waals surface area contributed by atoms with Crippen molar-refractivity contribution in [2.24, 2.45) is 0 Å². The van der Waals surface area contributed by atoms with Crippen LogP contribution in [0.3, 0.4) is 0 Å². The van der Waals surface area contributed by atoms with Gasteiger partial charge in [-0.25, -0.2) is 9.67 Å². The van der Waals surface area contributed by atoms with Gasteiger partial charge in [-0.2, -0.15) is 5.26 Å². The van der Waals surface area contributed by atoms with E-state index in [0.717, 1.165) is 11.4 Å². The molecule has 0 bridgehead atoms. The SMILES string of the molecule is Cc1cc(C(=O)Cn2cnc(C#N)n2)c(C)n1[C@H](C)c1ccccc1. The number of nitrogens with zero attached hydrogens (tertiary/aromatic N) is 5. The summed E-state index contributed by atoms with van der Waals surface area (Å²) in [6.45, 7) is 6.16. The van der Waals surface area contributed by atoms with Crippen molar-refractivity contribution in [1.29, 1.82) is 5.26 Å². The van der Waals surface area contributed by atoms with Crippen LogP contribution in [0, 0.1) is 25.2 Å². The maximum atomic E-state index is 12.7. The van der Waals surface area contributed by atoms with Crippen LogP contribution < -0.4 is 0 Å². The van der Waals surface area contributed by atoms with E-state index in [2.05, 4.69) is 33.7 Å². The summed E-state index contributed by atoms with van der Waals surface area (Å²) in [4.78, 5) is 16.5. The van der Waals surface area contributed by atoms with Gasteiger partial charge in [-0.05, 0) is 32.4 Å². The molecule has 0 N–H and O–H groups in total. The minimum absolute atomic E-state index is 0.0472. The summed E-state index contributed by atoms with van der Waals surface area (Å²) in [5.74, 6) is 0.0185. The van der Waals surface area contributed by atoms with Gasteiger partial charge < -0.3 is 4.57 Å². The van der Waals surface area contributed by atoms with Crippen molar-refractivity contribution in [2.75, 3.05) is 0 Å². The lowest BCUT2D eigenvalue weighted by atomic mass is 10.1. The number of rotatable bonds is 5. The summed E-state index contributed by atoms with van der Waals surface area (Å²) in [5, 5.41) is 12.7. The van der Waals surface area contributed by atoms with Crippen molar-refractivity contribution >= 4 is 5.78 Å². The summed E-state index contributed by atoms with van der Waals surface area (Å²) in [6.07, 6.45) is 1.40. The summed E-state index contributed by atoms with van der Waals surface area (Å²) < 4.78 is 3.57. The van der Waals surface area contributed by atoms with Crippen molar-refractivity contribution in [3.63, 3.8) is 0 Å². The molecule has 25 heavy (non-hydrogen) atoms. The number of ketones is 1. The van der Waals surface area contributed by atoms with Crippen LogP contribution in [0.1, 0.15) is 46.1 Å². The van der Waals surface area contributed by atoms with Crippen molar-refractivity contribution < 1.29 is 4.79 Å². The van der Waals surface area contributed by atoms with Gasteiger partial charge in [0.1, 0.15) is 18.9 Å². The van der Waals surface area contributed by atoms with E-state index in [-0.39, 0.29) is 24.2 Å². The highest BCUT2D eigenvalue weighted by atomic mass is 16.1. The lowest BCUT2D eigenvalue weighted by Gasteiger charge is -2.19. The van der Waals surface area contributed by atoms with Gasteiger partial charge in [-0.15, -0.1) is 5.10 Å². The average molecular weight is 333 g/mol. The number of aromatic nitrogens is 4. The standard InChI is InChI=1S/C19H19N5O/c1-13-9-17(18(25)11-23-12-21-19(10-20)22-23)15(3)24(13)14(2)16-7-5-4-6-8-16/h4-9,12,14H,11H2,1-3H3/t14-/m1/s1. The van der Waals surface area contributed by atoms with E-state index in [1.165, 1.54) is 16.6 Å². The molecule has 0 amide bonds. The number of carbonyl (C=O) groups is 1. The molecule has 6 nitrogen and oxygen atoms in total. The Balaban J connectivity index is 1.89. The zero-order valence-corrected chi connectivity index (χ0v) is 14.5. The molecule has 0 saturated heterocycles. The number of benzene rings is 1. The number of hydrogen-bond donors (Lipinski definition) is 0. The van der Waals surface area contributed by atoms with Crippen LogP contribution in [0.25, 0.3) is 0 Å². The van der Waals surface area contributed by atoms with Crippen LogP contribution in [0.5, 0.6) is 0 Å². The van der Waals surface area contributed by atoms with Gasteiger partial charge >= 0.3 is 0 Å². The molecule has 1 atom stereocenters. The minimum atomic E-state index is -0.0472. The van der Waals surface area contributed by atoms with Crippen molar-refractivity contribution in [3.8, 4) is 6.07 Å². The Morgan fingerprint density at radius 1 is 1.28 bits per heavy atom. The number of carbonyl (C=O) groups excluding carboxylic acids is 1. The summed E-state index contributed by atoms with van der Waals surface area (Å²) in [7, 11) is 0. The van der Waals surface area contributed by atoms with E-state index < -0.39 is 0 Å². The molecule has 0 spiro atoms. The van der Waals surface area contributed by atoms with Crippen LogP contribution in [0.2, 0.25) is 0 Å². The highest BCUT2D eigenvalue weighted by Gasteiger charge is 2.20. The maximum absolute atomic E-state index is 12.7. The van der Waals surface area contributed by atoms with E-state index >= 15 is 0 Å². The Hall–Kier alpha value is -3.20. The monoisotopic (exact) mass is 333 g/mol. The summed E-state index contributed by atoms with van der Waals surface area (Å²) >= 11 is 0. The fourth-order valence-corrected chi connectivity index (χ4v) is 3.19. The smallest absolute Gasteiger partial charge is 0.252 e. The molecule has 1 aromatic carbocycles. The minimum Gasteiger partial charge on any atom is -0.341 e. The molecule has 2 heterocycles. The number of aryl methyl sites for hydroxylation is 1. The van der Waals surface area contributed by atoms with Crippen molar-refractivity contribution in [2.45, 2.75) is 33.4 Å². The Morgan fingerprint density at radius 2 is 2.00 bits per heavy atom. The fourth-order valence-electron chi connectivity index (χ4n) is 3.19. The van der Waals surface area contributed by atoms with E-state index in [1.807, 2.05) is 44.2 Å². The van der Waals surface area contributed by atoms with Gasteiger partial charge in [0.05, 0.1) is 6.04 Å². The van der Waals surface area contributed by atoms with Crippen LogP contribution in [-0.4, -0.2) is 25.1 Å². The van der Waals surface area contributed by atoms with Gasteiger partial charge in [-0.1, -0.05) is 30.3 Å². The number of hydrogen-bond acceptors (Lipinski definition) is 4. The van der Waals surface area contributed by atoms with E-state index in [1.54, 1.807) is 0 Å². The topological polar surface area (TPSA) is 76.5 Å². The second-order valence-electron chi connectivity index (χ2n) is 6.04. The summed E-state index contributed by atoms with van der Waals surface area (Å²) in [6, 6.07) is 14.1. The molecule has 3 rings (SSSR count). The maximum Gasteiger partial charge on any atom is 0.252 e. The Kier molecular flexibility index (Phi) is 4.48. The fraction of sp³-hybridized carbons (Fsp3) is 0.263. The largest absolute Gasteiger partial charge is 0.341 e. The highest BCUT2D eigenvalue weighted by molar-refractivity contribution is 5.97. The molecule has 0 unspecified atom stereocenters.